The van der Waals surface area contributed by atoms with Crippen LogP contribution in [0.1, 0.15) is 11.6 Å². The van der Waals surface area contributed by atoms with Gasteiger partial charge in [0.2, 0.25) is 0 Å². The van der Waals surface area contributed by atoms with Crippen LogP contribution in [0.5, 0.6) is 5.75 Å². The lowest BCUT2D eigenvalue weighted by atomic mass is 10.1. The quantitative estimate of drug-likeness (QED) is 0.607. The van der Waals surface area contributed by atoms with E-state index in [-0.39, 0.29) is 6.04 Å². The maximum Gasteiger partial charge on any atom is 0.339 e. The highest BCUT2D eigenvalue weighted by atomic mass is 32.2. The van der Waals surface area contributed by atoms with Gasteiger partial charge in [0, 0.05) is 18.8 Å². The Bertz CT molecular complexity index is 723. The van der Waals surface area contributed by atoms with Crippen molar-refractivity contribution >= 4 is 11.8 Å². The molecule has 0 fully saturated rings. The summed E-state index contributed by atoms with van der Waals surface area (Å²) in [6.07, 6.45) is 0. The number of aromatic nitrogens is 3. The number of hydrogen-bond acceptors (Lipinski definition) is 6. The van der Waals surface area contributed by atoms with E-state index < -0.39 is 11.1 Å². The van der Waals surface area contributed by atoms with Crippen LogP contribution in [0.2, 0.25) is 0 Å². The molecule has 21 heavy (non-hydrogen) atoms. The summed E-state index contributed by atoms with van der Waals surface area (Å²) in [5.41, 5.74) is 5.53. The van der Waals surface area contributed by atoms with Gasteiger partial charge < -0.3 is 10.5 Å². The van der Waals surface area contributed by atoms with Crippen LogP contribution in [0.4, 0.5) is 0 Å². The number of nitrogens with zero attached hydrogens (tertiary/aromatic N) is 2. The molecule has 1 aromatic heterocycles. The average molecular weight is 308 g/mol. The summed E-state index contributed by atoms with van der Waals surface area (Å²) < 4.78 is 6.50. The van der Waals surface area contributed by atoms with Gasteiger partial charge in [-0.3, -0.25) is 19.4 Å². The molecule has 0 aliphatic rings. The van der Waals surface area contributed by atoms with E-state index in [2.05, 4.69) is 10.1 Å². The number of ether oxygens (including phenoxy) is 1. The molecule has 8 heteroatoms. The molecule has 3 N–H and O–H groups in total. The zero-order valence-corrected chi connectivity index (χ0v) is 12.5. The summed E-state index contributed by atoms with van der Waals surface area (Å²) in [7, 11) is 3.22. The largest absolute Gasteiger partial charge is 0.497 e. The molecule has 1 unspecified atom stereocenters. The zero-order chi connectivity index (χ0) is 15.4. The molecule has 112 valence electrons. The molecule has 7 nitrogen and oxygen atoms in total. The van der Waals surface area contributed by atoms with Gasteiger partial charge in [0.05, 0.1) is 7.11 Å². The van der Waals surface area contributed by atoms with Crippen molar-refractivity contribution in [3.8, 4) is 5.75 Å². The fourth-order valence-electron chi connectivity index (χ4n) is 1.70. The van der Waals surface area contributed by atoms with Gasteiger partial charge in [-0.1, -0.05) is 23.9 Å². The molecule has 0 radical (unpaired) electrons. The van der Waals surface area contributed by atoms with Gasteiger partial charge >= 0.3 is 11.1 Å². The predicted octanol–water partition coefficient (Wildman–Crippen LogP) is 0.269. The van der Waals surface area contributed by atoms with Crippen molar-refractivity contribution in [3.05, 3.63) is 50.5 Å². The lowest BCUT2D eigenvalue weighted by molar-refractivity contribution is 0.414. The fourth-order valence-corrected chi connectivity index (χ4v) is 2.61. The Morgan fingerprint density at radius 3 is 2.67 bits per heavy atom. The van der Waals surface area contributed by atoms with Gasteiger partial charge in [0.25, 0.3) is 0 Å². The Morgan fingerprint density at radius 2 is 2.05 bits per heavy atom. The third-order valence-corrected chi connectivity index (χ3v) is 4.03. The second-order valence-corrected chi connectivity index (χ2v) is 5.38. The number of aryl methyl sites for hydroxylation is 1. The van der Waals surface area contributed by atoms with Crippen LogP contribution in [0.25, 0.3) is 0 Å². The number of methoxy groups -OCH3 is 1. The minimum Gasteiger partial charge on any atom is -0.497 e. The highest BCUT2D eigenvalue weighted by Gasteiger charge is 2.10. The molecule has 1 atom stereocenters. The lowest BCUT2D eigenvalue weighted by Crippen LogP contribution is -2.34. The molecule has 0 aliphatic heterocycles. The predicted molar refractivity (Wildman–Crippen MR) is 80.7 cm³/mol. The molecule has 1 heterocycles. The van der Waals surface area contributed by atoms with Crippen molar-refractivity contribution in [2.24, 2.45) is 12.8 Å². The topological polar surface area (TPSA) is 103 Å². The van der Waals surface area contributed by atoms with Crippen LogP contribution in [0.15, 0.2) is 39.0 Å². The third-order valence-electron chi connectivity index (χ3n) is 2.88. The number of thioether (sulfide) groups is 1. The van der Waals surface area contributed by atoms with E-state index in [1.165, 1.54) is 16.4 Å². The van der Waals surface area contributed by atoms with Crippen LogP contribution < -0.4 is 21.6 Å². The normalized spacial score (nSPS) is 12.1. The fraction of sp³-hybridized carbons (Fsp3) is 0.308. The van der Waals surface area contributed by atoms with E-state index in [1.807, 2.05) is 24.3 Å². The maximum absolute atomic E-state index is 11.3. The van der Waals surface area contributed by atoms with E-state index in [9.17, 15) is 9.59 Å². The van der Waals surface area contributed by atoms with Crippen molar-refractivity contribution in [3.63, 3.8) is 0 Å². The first-order chi connectivity index (χ1) is 10.0. The first kappa shape index (κ1) is 15.3. The van der Waals surface area contributed by atoms with Crippen molar-refractivity contribution in [2.75, 3.05) is 12.9 Å². The molecule has 0 saturated carbocycles. The molecule has 2 rings (SSSR count). The summed E-state index contributed by atoms with van der Waals surface area (Å²) in [5.74, 6) is 1.29. The second kappa shape index (κ2) is 6.59. The van der Waals surface area contributed by atoms with Crippen molar-refractivity contribution in [1.29, 1.82) is 0 Å². The number of hydrogen-bond donors (Lipinski definition) is 2. The molecule has 0 bridgehead atoms. The van der Waals surface area contributed by atoms with Crippen LogP contribution in [0, 0.1) is 0 Å². The van der Waals surface area contributed by atoms with Crippen molar-refractivity contribution < 1.29 is 4.74 Å². The van der Waals surface area contributed by atoms with E-state index in [0.29, 0.717) is 10.9 Å². The number of aromatic amines is 1. The van der Waals surface area contributed by atoms with E-state index in [4.69, 9.17) is 10.5 Å². The Kier molecular flexibility index (Phi) is 4.81. The highest BCUT2D eigenvalue weighted by Crippen LogP contribution is 2.22. The Morgan fingerprint density at radius 1 is 1.38 bits per heavy atom. The van der Waals surface area contributed by atoms with E-state index >= 15 is 0 Å². The zero-order valence-electron chi connectivity index (χ0n) is 11.7. The Labute approximate surface area is 125 Å². The van der Waals surface area contributed by atoms with Gasteiger partial charge in [-0.25, -0.2) is 0 Å². The number of rotatable bonds is 5. The van der Waals surface area contributed by atoms with E-state index in [0.717, 1.165) is 11.3 Å². The van der Waals surface area contributed by atoms with E-state index in [1.54, 1.807) is 14.2 Å². The molecule has 0 aliphatic carbocycles. The Hall–Kier alpha value is -2.06. The average Bonchev–Trinajstić information content (AvgIpc) is 2.49. The summed E-state index contributed by atoms with van der Waals surface area (Å²) in [6.45, 7) is 0. The maximum atomic E-state index is 11.3. The van der Waals surface area contributed by atoms with Gasteiger partial charge in [0.15, 0.2) is 5.16 Å². The minimum absolute atomic E-state index is 0.218. The molecule has 2 aromatic rings. The highest BCUT2D eigenvalue weighted by molar-refractivity contribution is 7.99. The van der Waals surface area contributed by atoms with Crippen LogP contribution in [-0.4, -0.2) is 27.6 Å². The first-order valence-electron chi connectivity index (χ1n) is 6.21. The molecular weight excluding hydrogens is 292 g/mol. The molecule has 0 amide bonds. The number of nitrogens with one attached hydrogen (secondary N) is 1. The van der Waals surface area contributed by atoms with Gasteiger partial charge in [0.1, 0.15) is 5.75 Å². The number of benzene rings is 1. The first-order valence-corrected chi connectivity index (χ1v) is 7.19. The van der Waals surface area contributed by atoms with Gasteiger partial charge in [-0.05, 0) is 17.7 Å². The number of nitrogens with two attached hydrogens (primary N) is 1. The molecule has 0 saturated heterocycles. The van der Waals surface area contributed by atoms with Gasteiger partial charge in [-0.15, -0.1) is 0 Å². The summed E-state index contributed by atoms with van der Waals surface area (Å²) >= 11 is 1.31. The van der Waals surface area contributed by atoms with Gasteiger partial charge in [-0.2, -0.15) is 4.98 Å². The number of H-pyrrole nitrogens is 1. The second-order valence-electron chi connectivity index (χ2n) is 4.39. The molecule has 1 aromatic carbocycles. The van der Waals surface area contributed by atoms with Crippen LogP contribution >= 0.6 is 11.8 Å². The summed E-state index contributed by atoms with van der Waals surface area (Å²) in [5, 5.41) is 2.81. The lowest BCUT2D eigenvalue weighted by Gasteiger charge is -2.13. The third kappa shape index (κ3) is 3.73. The molecule has 0 spiro atoms. The smallest absolute Gasteiger partial charge is 0.339 e. The minimum atomic E-state index is -0.798. The summed E-state index contributed by atoms with van der Waals surface area (Å²) in [4.78, 5) is 26.1. The molecular formula is C13H16N4O3S. The van der Waals surface area contributed by atoms with Crippen LogP contribution in [0.3, 0.4) is 0 Å². The van der Waals surface area contributed by atoms with Crippen molar-refractivity contribution in [1.82, 2.24) is 14.8 Å². The Balaban J connectivity index is 2.06. The van der Waals surface area contributed by atoms with Crippen LogP contribution in [-0.2, 0) is 7.05 Å². The SMILES string of the molecule is COc1ccc(C(N)CSc2nc(=O)c(=O)[nH]n2C)cc1. The standard InChI is InChI=1S/C13H16N4O3S/c1-17-13(15-11(18)12(19)16-17)21-7-10(14)8-3-5-9(20-2)6-4-8/h3-6,10H,7,14H2,1-2H3,(H,16,19). The summed E-state index contributed by atoms with van der Waals surface area (Å²) in [6, 6.07) is 7.25. The van der Waals surface area contributed by atoms with Crippen molar-refractivity contribution in [2.45, 2.75) is 11.2 Å². The monoisotopic (exact) mass is 308 g/mol.